The molecule has 0 aliphatic heterocycles. The number of aliphatic hydroxyl groups is 1. The molecular weight excluding hydrogens is 316 g/mol. The lowest BCUT2D eigenvalue weighted by Gasteiger charge is -2.36. The van der Waals surface area contributed by atoms with Gasteiger partial charge in [-0.15, -0.1) is 0 Å². The first kappa shape index (κ1) is 17.8. The first-order valence-corrected chi connectivity index (χ1v) is 7.94. The Morgan fingerprint density at radius 1 is 1.26 bits per heavy atom. The van der Waals surface area contributed by atoms with E-state index in [2.05, 4.69) is 5.48 Å². The standard InChI is InChI=1S/C17H23ClN2O3/c1-6-20-14-8-7-11(9-12(14)13(18)10-15(20)21)19-23-17(4,5)16(2,3)22/h7-10,19,22H,6H2,1-5H3. The Kier molecular flexibility index (Phi) is 4.76. The summed E-state index contributed by atoms with van der Waals surface area (Å²) >= 11 is 6.20. The molecule has 0 amide bonds. The summed E-state index contributed by atoms with van der Waals surface area (Å²) in [5.41, 5.74) is 2.39. The Labute approximate surface area is 140 Å². The average Bonchev–Trinajstić information content (AvgIpc) is 2.44. The zero-order chi connectivity index (χ0) is 17.4. The van der Waals surface area contributed by atoms with Gasteiger partial charge in [-0.2, -0.15) is 0 Å². The minimum Gasteiger partial charge on any atom is -0.387 e. The van der Waals surface area contributed by atoms with Crippen LogP contribution in [0.5, 0.6) is 0 Å². The van der Waals surface area contributed by atoms with Gasteiger partial charge >= 0.3 is 0 Å². The zero-order valence-electron chi connectivity index (χ0n) is 14.1. The van der Waals surface area contributed by atoms with Gasteiger partial charge in [0.05, 0.1) is 21.8 Å². The van der Waals surface area contributed by atoms with E-state index in [-0.39, 0.29) is 5.56 Å². The van der Waals surface area contributed by atoms with Crippen LogP contribution in [0.25, 0.3) is 10.9 Å². The van der Waals surface area contributed by atoms with Crippen LogP contribution in [0.3, 0.4) is 0 Å². The molecule has 0 radical (unpaired) electrons. The van der Waals surface area contributed by atoms with Crippen molar-refractivity contribution in [2.45, 2.75) is 52.4 Å². The van der Waals surface area contributed by atoms with Crippen LogP contribution in [0.1, 0.15) is 34.6 Å². The van der Waals surface area contributed by atoms with Crippen LogP contribution in [0.15, 0.2) is 29.1 Å². The normalized spacial score (nSPS) is 12.7. The quantitative estimate of drug-likeness (QED) is 0.818. The SMILES string of the molecule is CCn1c(=O)cc(Cl)c2cc(NOC(C)(C)C(C)(C)O)ccc21. The smallest absolute Gasteiger partial charge is 0.252 e. The van der Waals surface area contributed by atoms with Gasteiger partial charge in [-0.05, 0) is 52.8 Å². The topological polar surface area (TPSA) is 63.5 Å². The van der Waals surface area contributed by atoms with E-state index in [1.54, 1.807) is 32.3 Å². The molecule has 5 nitrogen and oxygen atoms in total. The summed E-state index contributed by atoms with van der Waals surface area (Å²) in [4.78, 5) is 17.6. The summed E-state index contributed by atoms with van der Waals surface area (Å²) in [5, 5.41) is 11.3. The molecule has 0 bridgehead atoms. The molecule has 0 unspecified atom stereocenters. The number of anilines is 1. The first-order valence-electron chi connectivity index (χ1n) is 7.56. The molecule has 2 rings (SSSR count). The van der Waals surface area contributed by atoms with Crippen molar-refractivity contribution in [3.8, 4) is 0 Å². The third kappa shape index (κ3) is 3.52. The predicted molar refractivity (Wildman–Crippen MR) is 94.0 cm³/mol. The van der Waals surface area contributed by atoms with Gasteiger partial charge in [-0.25, -0.2) is 0 Å². The number of aromatic nitrogens is 1. The fraction of sp³-hybridized carbons (Fsp3) is 0.471. The molecule has 23 heavy (non-hydrogen) atoms. The summed E-state index contributed by atoms with van der Waals surface area (Å²) in [6.07, 6.45) is 0. The van der Waals surface area contributed by atoms with Crippen molar-refractivity contribution in [3.63, 3.8) is 0 Å². The van der Waals surface area contributed by atoms with Crippen LogP contribution in [0, 0.1) is 0 Å². The van der Waals surface area contributed by atoms with Crippen molar-refractivity contribution < 1.29 is 9.94 Å². The Balaban J connectivity index is 2.37. The number of nitrogens with zero attached hydrogens (tertiary/aromatic N) is 1. The largest absolute Gasteiger partial charge is 0.387 e. The summed E-state index contributed by atoms with van der Waals surface area (Å²) in [6.45, 7) is 9.45. The van der Waals surface area contributed by atoms with E-state index in [1.165, 1.54) is 6.07 Å². The molecule has 126 valence electrons. The van der Waals surface area contributed by atoms with Crippen LogP contribution in [0.2, 0.25) is 5.02 Å². The molecule has 1 aromatic heterocycles. The van der Waals surface area contributed by atoms with E-state index < -0.39 is 11.2 Å². The lowest BCUT2D eigenvalue weighted by molar-refractivity contribution is -0.130. The van der Waals surface area contributed by atoms with Gasteiger partial charge in [0.2, 0.25) is 0 Å². The highest BCUT2D eigenvalue weighted by Crippen LogP contribution is 2.28. The van der Waals surface area contributed by atoms with Gasteiger partial charge < -0.3 is 9.67 Å². The molecule has 1 aromatic carbocycles. The second-order valence-corrected chi connectivity index (χ2v) is 6.99. The number of aryl methyl sites for hydroxylation is 1. The van der Waals surface area contributed by atoms with E-state index >= 15 is 0 Å². The molecule has 2 N–H and O–H groups in total. The Morgan fingerprint density at radius 2 is 1.91 bits per heavy atom. The van der Waals surface area contributed by atoms with Gasteiger partial charge in [0.25, 0.3) is 5.56 Å². The first-order chi connectivity index (χ1) is 10.6. The number of rotatable bonds is 5. The average molecular weight is 339 g/mol. The number of fused-ring (bicyclic) bond motifs is 1. The van der Waals surface area contributed by atoms with E-state index in [9.17, 15) is 9.90 Å². The molecule has 0 aliphatic rings. The molecule has 0 saturated carbocycles. The van der Waals surface area contributed by atoms with Crippen molar-refractivity contribution in [2.24, 2.45) is 0 Å². The third-order valence-corrected chi connectivity index (χ3v) is 4.59. The molecule has 0 saturated heterocycles. The van der Waals surface area contributed by atoms with Crippen molar-refractivity contribution in [1.29, 1.82) is 0 Å². The van der Waals surface area contributed by atoms with Crippen LogP contribution < -0.4 is 11.0 Å². The molecule has 0 spiro atoms. The maximum atomic E-state index is 11.9. The van der Waals surface area contributed by atoms with Gasteiger partial charge in [0, 0.05) is 18.0 Å². The minimum absolute atomic E-state index is 0.120. The highest BCUT2D eigenvalue weighted by Gasteiger charge is 2.37. The van der Waals surface area contributed by atoms with Gasteiger partial charge in [-0.1, -0.05) is 11.6 Å². The zero-order valence-corrected chi connectivity index (χ0v) is 14.9. The predicted octanol–water partition coefficient (Wildman–Crippen LogP) is 3.57. The minimum atomic E-state index is -1.02. The maximum absolute atomic E-state index is 11.9. The van der Waals surface area contributed by atoms with Crippen LogP contribution in [-0.2, 0) is 11.4 Å². The second kappa shape index (κ2) is 6.15. The lowest BCUT2D eigenvalue weighted by Crippen LogP contribution is -2.48. The molecule has 6 heteroatoms. The number of hydrogen-bond acceptors (Lipinski definition) is 4. The maximum Gasteiger partial charge on any atom is 0.252 e. The monoisotopic (exact) mass is 338 g/mol. The molecule has 0 atom stereocenters. The van der Waals surface area contributed by atoms with Crippen LogP contribution in [0.4, 0.5) is 5.69 Å². The third-order valence-electron chi connectivity index (χ3n) is 4.27. The van der Waals surface area contributed by atoms with Crippen molar-refractivity contribution in [1.82, 2.24) is 4.57 Å². The number of hydrogen-bond donors (Lipinski definition) is 2. The summed E-state index contributed by atoms with van der Waals surface area (Å²) < 4.78 is 1.66. The van der Waals surface area contributed by atoms with E-state index in [0.717, 1.165) is 10.9 Å². The number of pyridine rings is 1. The summed E-state index contributed by atoms with van der Waals surface area (Å²) in [6, 6.07) is 6.88. The van der Waals surface area contributed by atoms with Gasteiger partial charge in [0.1, 0.15) is 5.60 Å². The van der Waals surface area contributed by atoms with Gasteiger partial charge in [0.15, 0.2) is 0 Å². The molecule has 0 fully saturated rings. The van der Waals surface area contributed by atoms with Crippen molar-refractivity contribution in [2.75, 3.05) is 5.48 Å². The Bertz CT molecular complexity index is 776. The highest BCUT2D eigenvalue weighted by atomic mass is 35.5. The molecule has 0 aliphatic carbocycles. The fourth-order valence-corrected chi connectivity index (χ4v) is 2.29. The van der Waals surface area contributed by atoms with Crippen LogP contribution in [-0.4, -0.2) is 20.9 Å². The number of halogens is 1. The van der Waals surface area contributed by atoms with Gasteiger partial charge in [-0.3, -0.25) is 15.1 Å². The van der Waals surface area contributed by atoms with Crippen LogP contribution >= 0.6 is 11.6 Å². The Hall–Kier alpha value is -1.56. The fourth-order valence-electron chi connectivity index (χ4n) is 2.05. The second-order valence-electron chi connectivity index (χ2n) is 6.58. The summed E-state index contributed by atoms with van der Waals surface area (Å²) in [5.74, 6) is 0. The molecule has 1 heterocycles. The number of nitrogens with one attached hydrogen (secondary N) is 1. The van der Waals surface area contributed by atoms with E-state index in [0.29, 0.717) is 17.3 Å². The lowest BCUT2D eigenvalue weighted by atomic mass is 9.90. The summed E-state index contributed by atoms with van der Waals surface area (Å²) in [7, 11) is 0. The highest BCUT2D eigenvalue weighted by molar-refractivity contribution is 6.35. The van der Waals surface area contributed by atoms with Crippen molar-refractivity contribution in [3.05, 3.63) is 39.6 Å². The van der Waals surface area contributed by atoms with E-state index in [1.807, 2.05) is 25.1 Å². The molecular formula is C17H23ClN2O3. The van der Waals surface area contributed by atoms with E-state index in [4.69, 9.17) is 16.4 Å². The number of benzene rings is 1. The Morgan fingerprint density at radius 3 is 2.48 bits per heavy atom. The van der Waals surface area contributed by atoms with Crippen molar-refractivity contribution >= 4 is 28.2 Å². The molecule has 2 aromatic rings.